The Hall–Kier alpha value is -4.39. The van der Waals surface area contributed by atoms with Gasteiger partial charge in [0.1, 0.15) is 28.7 Å². The molecule has 0 fully saturated rings. The van der Waals surface area contributed by atoms with Crippen LogP contribution in [-0.2, 0) is 14.3 Å². The van der Waals surface area contributed by atoms with Crippen LogP contribution >= 0.6 is 11.5 Å². The minimum absolute atomic E-state index is 0.106. The topological polar surface area (TPSA) is 180 Å². The zero-order valence-corrected chi connectivity index (χ0v) is 21.5. The van der Waals surface area contributed by atoms with Gasteiger partial charge >= 0.3 is 5.97 Å². The van der Waals surface area contributed by atoms with Gasteiger partial charge in [0.15, 0.2) is 11.7 Å². The number of hydrogen-bond donors (Lipinski definition) is 3. The number of ether oxygens (including phenoxy) is 2. The summed E-state index contributed by atoms with van der Waals surface area (Å²) in [6.07, 6.45) is 0. The van der Waals surface area contributed by atoms with Crippen molar-refractivity contribution >= 4 is 46.6 Å². The molecule has 196 valence electrons. The molecule has 1 atom stereocenters. The number of carbonyl (C=O) groups is 4. The van der Waals surface area contributed by atoms with Crippen molar-refractivity contribution in [3.05, 3.63) is 58.0 Å². The summed E-state index contributed by atoms with van der Waals surface area (Å²) in [7, 11) is 1.41. The van der Waals surface area contributed by atoms with E-state index in [1.165, 1.54) is 13.2 Å². The average Bonchev–Trinajstić information content (AvgIpc) is 3.46. The summed E-state index contributed by atoms with van der Waals surface area (Å²) < 4.78 is 20.1. The van der Waals surface area contributed by atoms with Crippen LogP contribution in [0.1, 0.15) is 50.2 Å². The summed E-state index contributed by atoms with van der Waals surface area (Å²) in [5, 5.41) is 2.50. The number of aryl methyl sites for hydroxylation is 2. The number of aromatic nitrogens is 1. The SMILES string of the molecule is CCOC(=O)CNC(=O)[C@H](c1ccc(C)o1)N(C(=O)c1snc(C(N)=O)c1N)c1cc(C)ccc1OC. The molecule has 12 nitrogen and oxygen atoms in total. The lowest BCUT2D eigenvalue weighted by Gasteiger charge is -2.31. The van der Waals surface area contributed by atoms with Gasteiger partial charge in [0.25, 0.3) is 17.7 Å². The highest BCUT2D eigenvalue weighted by atomic mass is 32.1. The monoisotopic (exact) mass is 529 g/mol. The Bertz CT molecular complexity index is 1330. The maximum atomic E-state index is 14.0. The minimum atomic E-state index is -1.41. The van der Waals surface area contributed by atoms with E-state index >= 15 is 0 Å². The molecule has 37 heavy (non-hydrogen) atoms. The Morgan fingerprint density at radius 3 is 2.49 bits per heavy atom. The molecule has 5 N–H and O–H groups in total. The van der Waals surface area contributed by atoms with E-state index in [4.69, 9.17) is 25.4 Å². The fraction of sp³-hybridized carbons (Fsp3) is 0.292. The highest BCUT2D eigenvalue weighted by Gasteiger charge is 2.39. The van der Waals surface area contributed by atoms with Gasteiger partial charge in [-0.25, -0.2) is 0 Å². The number of nitrogen functional groups attached to an aromatic ring is 1. The van der Waals surface area contributed by atoms with Crippen molar-refractivity contribution in [2.24, 2.45) is 5.73 Å². The van der Waals surface area contributed by atoms with Crippen molar-refractivity contribution in [3.8, 4) is 5.75 Å². The summed E-state index contributed by atoms with van der Waals surface area (Å²) in [6, 6.07) is 6.80. The molecule has 1 aromatic carbocycles. The molecule has 13 heteroatoms. The number of furan rings is 1. The van der Waals surface area contributed by atoms with E-state index in [-0.39, 0.29) is 40.1 Å². The molecule has 0 aliphatic heterocycles. The smallest absolute Gasteiger partial charge is 0.325 e. The van der Waals surface area contributed by atoms with Crippen LogP contribution in [0.3, 0.4) is 0 Å². The molecule has 0 bridgehead atoms. The number of carbonyl (C=O) groups excluding carboxylic acids is 4. The maximum Gasteiger partial charge on any atom is 0.325 e. The highest BCUT2D eigenvalue weighted by Crippen LogP contribution is 2.39. The Balaban J connectivity index is 2.21. The van der Waals surface area contributed by atoms with Crippen molar-refractivity contribution in [1.82, 2.24) is 9.69 Å². The lowest BCUT2D eigenvalue weighted by Crippen LogP contribution is -2.45. The van der Waals surface area contributed by atoms with Gasteiger partial charge in [0.05, 0.1) is 25.1 Å². The highest BCUT2D eigenvalue weighted by molar-refractivity contribution is 7.09. The van der Waals surface area contributed by atoms with Crippen molar-refractivity contribution in [3.63, 3.8) is 0 Å². The zero-order valence-electron chi connectivity index (χ0n) is 20.7. The molecule has 2 aromatic heterocycles. The summed E-state index contributed by atoms with van der Waals surface area (Å²) in [6.45, 7) is 4.80. The predicted molar refractivity (Wildman–Crippen MR) is 135 cm³/mol. The van der Waals surface area contributed by atoms with Crippen LogP contribution in [0.2, 0.25) is 0 Å². The van der Waals surface area contributed by atoms with Gasteiger partial charge < -0.3 is 30.7 Å². The first-order valence-electron chi connectivity index (χ1n) is 11.1. The van der Waals surface area contributed by atoms with E-state index in [0.29, 0.717) is 17.3 Å². The second kappa shape index (κ2) is 11.6. The zero-order chi connectivity index (χ0) is 27.3. The number of esters is 1. The van der Waals surface area contributed by atoms with Crippen LogP contribution in [0.15, 0.2) is 34.7 Å². The summed E-state index contributed by atoms with van der Waals surface area (Å²) in [5.41, 5.74) is 11.9. The molecule has 0 unspecified atom stereocenters. The molecule has 0 saturated carbocycles. The lowest BCUT2D eigenvalue weighted by molar-refractivity contribution is -0.143. The molecule has 0 radical (unpaired) electrons. The second-order valence-electron chi connectivity index (χ2n) is 7.86. The van der Waals surface area contributed by atoms with Gasteiger partial charge in [-0.2, -0.15) is 4.37 Å². The molecule has 0 spiro atoms. The van der Waals surface area contributed by atoms with Crippen LogP contribution < -0.4 is 26.4 Å². The number of hydrogen-bond acceptors (Lipinski definition) is 10. The van der Waals surface area contributed by atoms with E-state index in [0.717, 1.165) is 10.5 Å². The van der Waals surface area contributed by atoms with Gasteiger partial charge in [-0.3, -0.25) is 24.1 Å². The molecule has 2 heterocycles. The van der Waals surface area contributed by atoms with Gasteiger partial charge in [0, 0.05) is 0 Å². The average molecular weight is 530 g/mol. The largest absolute Gasteiger partial charge is 0.495 e. The van der Waals surface area contributed by atoms with Crippen molar-refractivity contribution in [1.29, 1.82) is 0 Å². The van der Waals surface area contributed by atoms with Gasteiger partial charge in [-0.1, -0.05) is 6.07 Å². The Morgan fingerprint density at radius 2 is 1.92 bits per heavy atom. The van der Waals surface area contributed by atoms with Crippen LogP contribution in [0.25, 0.3) is 0 Å². The maximum absolute atomic E-state index is 14.0. The third-order valence-corrected chi connectivity index (χ3v) is 6.07. The molecule has 0 aliphatic rings. The molecule has 3 aromatic rings. The summed E-state index contributed by atoms with van der Waals surface area (Å²) >= 11 is 0.663. The van der Waals surface area contributed by atoms with Crippen molar-refractivity contribution < 1.29 is 33.1 Å². The first-order chi connectivity index (χ1) is 17.6. The van der Waals surface area contributed by atoms with E-state index < -0.39 is 36.3 Å². The number of amides is 3. The Morgan fingerprint density at radius 1 is 1.19 bits per heavy atom. The van der Waals surface area contributed by atoms with Crippen LogP contribution in [0, 0.1) is 13.8 Å². The van der Waals surface area contributed by atoms with Crippen molar-refractivity contribution in [2.75, 3.05) is 30.9 Å². The lowest BCUT2D eigenvalue weighted by atomic mass is 10.1. The van der Waals surface area contributed by atoms with Crippen LogP contribution in [-0.4, -0.2) is 48.3 Å². The number of benzene rings is 1. The number of nitrogens with one attached hydrogen (secondary N) is 1. The molecule has 0 saturated heterocycles. The van der Waals surface area contributed by atoms with Crippen LogP contribution in [0.5, 0.6) is 5.75 Å². The molecule has 3 rings (SSSR count). The molecular weight excluding hydrogens is 502 g/mol. The number of primary amides is 1. The first-order valence-corrected chi connectivity index (χ1v) is 11.9. The Labute approximate surface area is 216 Å². The summed E-state index contributed by atoms with van der Waals surface area (Å²) in [5.74, 6) is -2.21. The van der Waals surface area contributed by atoms with Crippen LogP contribution in [0.4, 0.5) is 11.4 Å². The minimum Gasteiger partial charge on any atom is -0.495 e. The standard InChI is InChI=1S/C24H27N5O7S/c1-5-35-17(30)11-27-23(32)20(16-9-7-13(3)36-16)29(14-10-12(2)6-8-15(14)34-4)24(33)21-18(25)19(22(26)31)28-37-21/h6-10,20H,5,11,25H2,1-4H3,(H2,26,31)(H,27,32)/t20-/m0/s1. The predicted octanol–water partition coefficient (Wildman–Crippen LogP) is 2.11. The number of nitrogens with zero attached hydrogens (tertiary/aromatic N) is 2. The number of methoxy groups -OCH3 is 1. The fourth-order valence-corrected chi connectivity index (χ4v) is 4.28. The third kappa shape index (κ3) is 5.89. The van der Waals surface area contributed by atoms with E-state index in [1.54, 1.807) is 45.0 Å². The fourth-order valence-electron chi connectivity index (χ4n) is 3.53. The quantitative estimate of drug-likeness (QED) is 0.331. The number of nitrogens with two attached hydrogens (primary N) is 2. The van der Waals surface area contributed by atoms with Gasteiger partial charge in [0.2, 0.25) is 0 Å². The molecule has 0 aliphatic carbocycles. The van der Waals surface area contributed by atoms with E-state index in [1.807, 2.05) is 0 Å². The normalized spacial score (nSPS) is 11.5. The van der Waals surface area contributed by atoms with Gasteiger partial charge in [-0.15, -0.1) is 0 Å². The van der Waals surface area contributed by atoms with E-state index in [9.17, 15) is 19.2 Å². The van der Waals surface area contributed by atoms with Gasteiger partial charge in [-0.05, 0) is 62.1 Å². The van der Waals surface area contributed by atoms with E-state index in [2.05, 4.69) is 9.69 Å². The van der Waals surface area contributed by atoms with Crippen molar-refractivity contribution in [2.45, 2.75) is 26.8 Å². The number of anilines is 2. The first kappa shape index (κ1) is 27.2. The molecular formula is C24H27N5O7S. The summed E-state index contributed by atoms with van der Waals surface area (Å²) in [4.78, 5) is 52.3. The molecule has 3 amide bonds. The second-order valence-corrected chi connectivity index (χ2v) is 8.64. The Kier molecular flexibility index (Phi) is 8.50. The third-order valence-electron chi connectivity index (χ3n) is 5.22. The number of rotatable bonds is 10.